The van der Waals surface area contributed by atoms with E-state index >= 15 is 0 Å². The lowest BCUT2D eigenvalue weighted by Gasteiger charge is -2.15. The largest absolute Gasteiger partial charge is 0.491 e. The third-order valence-corrected chi connectivity index (χ3v) is 5.39. The van der Waals surface area contributed by atoms with Gasteiger partial charge in [-0.25, -0.2) is 0 Å². The van der Waals surface area contributed by atoms with Gasteiger partial charge < -0.3 is 14.6 Å². The van der Waals surface area contributed by atoms with Crippen LogP contribution < -0.4 is 15.5 Å². The Labute approximate surface area is 180 Å². The lowest BCUT2D eigenvalue weighted by molar-refractivity contribution is -0.137. The van der Waals surface area contributed by atoms with Crippen LogP contribution in [0.4, 0.5) is 18.9 Å². The van der Waals surface area contributed by atoms with E-state index in [1.54, 1.807) is 4.57 Å². The number of benzene rings is 2. The van der Waals surface area contributed by atoms with Gasteiger partial charge in [0.15, 0.2) is 5.75 Å². The first-order valence-corrected chi connectivity index (χ1v) is 10.2. The van der Waals surface area contributed by atoms with Crippen LogP contribution in [-0.2, 0) is 23.3 Å². The van der Waals surface area contributed by atoms with E-state index in [0.717, 1.165) is 17.0 Å². The van der Waals surface area contributed by atoms with Gasteiger partial charge in [0.2, 0.25) is 11.3 Å². The molecule has 0 saturated carbocycles. The van der Waals surface area contributed by atoms with Gasteiger partial charge in [0.1, 0.15) is 6.54 Å². The molecule has 0 unspecified atom stereocenters. The van der Waals surface area contributed by atoms with Gasteiger partial charge in [-0.15, -0.1) is 11.8 Å². The number of methoxy groups -OCH3 is 1. The van der Waals surface area contributed by atoms with Crippen molar-refractivity contribution >= 4 is 23.4 Å². The number of amides is 1. The van der Waals surface area contributed by atoms with Gasteiger partial charge in [-0.05, 0) is 36.4 Å². The molecule has 0 spiro atoms. The number of alkyl halides is 3. The SMILES string of the molecule is COc1cn(CC(=O)Nc2ccc(C(F)(F)F)cc2)c(CSc2ccccc2)cc1=O. The molecular formula is C22H19F3N2O3S. The number of nitrogens with one attached hydrogen (secondary N) is 1. The van der Waals surface area contributed by atoms with E-state index in [4.69, 9.17) is 4.74 Å². The highest BCUT2D eigenvalue weighted by molar-refractivity contribution is 7.98. The van der Waals surface area contributed by atoms with E-state index in [-0.39, 0.29) is 23.4 Å². The molecule has 0 atom stereocenters. The average Bonchev–Trinajstić information content (AvgIpc) is 2.74. The van der Waals surface area contributed by atoms with Crippen molar-refractivity contribution in [2.75, 3.05) is 12.4 Å². The van der Waals surface area contributed by atoms with Gasteiger partial charge in [-0.2, -0.15) is 13.2 Å². The normalized spacial score (nSPS) is 11.2. The molecular weight excluding hydrogens is 429 g/mol. The van der Waals surface area contributed by atoms with Gasteiger partial charge in [-0.1, -0.05) is 18.2 Å². The van der Waals surface area contributed by atoms with Crippen LogP contribution in [0.15, 0.2) is 76.6 Å². The molecule has 1 N–H and O–H groups in total. The summed E-state index contributed by atoms with van der Waals surface area (Å²) in [5, 5.41) is 2.57. The Balaban J connectivity index is 1.75. The zero-order chi connectivity index (χ0) is 22.4. The number of halogens is 3. The number of hydrogen-bond acceptors (Lipinski definition) is 4. The molecule has 0 aliphatic carbocycles. The van der Waals surface area contributed by atoms with Crippen LogP contribution in [0, 0.1) is 0 Å². The molecule has 0 bridgehead atoms. The molecule has 3 aromatic rings. The first-order valence-electron chi connectivity index (χ1n) is 9.18. The van der Waals surface area contributed by atoms with Crippen molar-refractivity contribution < 1.29 is 22.7 Å². The van der Waals surface area contributed by atoms with Crippen LogP contribution in [-0.4, -0.2) is 17.6 Å². The third kappa shape index (κ3) is 6.14. The Morgan fingerprint density at radius 2 is 1.77 bits per heavy atom. The predicted molar refractivity (Wildman–Crippen MR) is 113 cm³/mol. The van der Waals surface area contributed by atoms with E-state index in [1.165, 1.54) is 43.3 Å². The predicted octanol–water partition coefficient (Wildman–Crippen LogP) is 4.81. The summed E-state index contributed by atoms with van der Waals surface area (Å²) < 4.78 is 44.7. The van der Waals surface area contributed by atoms with Gasteiger partial charge in [0, 0.05) is 28.1 Å². The fourth-order valence-corrected chi connectivity index (χ4v) is 3.70. The van der Waals surface area contributed by atoms with E-state index in [2.05, 4.69) is 5.32 Å². The monoisotopic (exact) mass is 448 g/mol. The van der Waals surface area contributed by atoms with Gasteiger partial charge >= 0.3 is 6.18 Å². The molecule has 1 amide bonds. The molecule has 1 heterocycles. The quantitative estimate of drug-likeness (QED) is 0.527. The molecule has 9 heteroatoms. The fourth-order valence-electron chi connectivity index (χ4n) is 2.79. The van der Waals surface area contributed by atoms with E-state index in [9.17, 15) is 22.8 Å². The van der Waals surface area contributed by atoms with Crippen molar-refractivity contribution in [3.05, 3.63) is 88.3 Å². The lowest BCUT2D eigenvalue weighted by atomic mass is 10.2. The maximum Gasteiger partial charge on any atom is 0.416 e. The number of nitrogens with zero attached hydrogens (tertiary/aromatic N) is 1. The summed E-state index contributed by atoms with van der Waals surface area (Å²) in [6.07, 6.45) is -2.99. The number of rotatable bonds is 7. The minimum absolute atomic E-state index is 0.0933. The summed E-state index contributed by atoms with van der Waals surface area (Å²) in [6, 6.07) is 15.2. The second kappa shape index (κ2) is 9.74. The summed E-state index contributed by atoms with van der Waals surface area (Å²) >= 11 is 1.51. The number of aromatic nitrogens is 1. The van der Waals surface area contributed by atoms with Crippen LogP contribution in [0.3, 0.4) is 0 Å². The zero-order valence-electron chi connectivity index (χ0n) is 16.5. The number of anilines is 1. The van der Waals surface area contributed by atoms with Crippen molar-refractivity contribution in [1.82, 2.24) is 4.57 Å². The van der Waals surface area contributed by atoms with Crippen LogP contribution in [0.5, 0.6) is 5.75 Å². The summed E-state index contributed by atoms with van der Waals surface area (Å²) in [4.78, 5) is 25.7. The van der Waals surface area contributed by atoms with Crippen LogP contribution in [0.2, 0.25) is 0 Å². The molecule has 1 aromatic heterocycles. The number of hydrogen-bond donors (Lipinski definition) is 1. The van der Waals surface area contributed by atoms with Crippen molar-refractivity contribution in [3.63, 3.8) is 0 Å². The van der Waals surface area contributed by atoms with Crippen molar-refractivity contribution in [1.29, 1.82) is 0 Å². The highest BCUT2D eigenvalue weighted by Gasteiger charge is 2.30. The number of thioether (sulfide) groups is 1. The third-order valence-electron chi connectivity index (χ3n) is 4.34. The minimum atomic E-state index is -4.44. The topological polar surface area (TPSA) is 60.3 Å². The second-order valence-corrected chi connectivity index (χ2v) is 7.60. The highest BCUT2D eigenvalue weighted by atomic mass is 32.2. The Kier molecular flexibility index (Phi) is 7.06. The maximum atomic E-state index is 12.7. The number of carbonyl (C=O) groups is 1. The molecule has 5 nitrogen and oxygen atoms in total. The minimum Gasteiger partial charge on any atom is -0.491 e. The Hall–Kier alpha value is -3.20. The molecule has 0 fully saturated rings. The van der Waals surface area contributed by atoms with Gasteiger partial charge in [0.25, 0.3) is 0 Å². The van der Waals surface area contributed by atoms with Gasteiger partial charge in [0.05, 0.1) is 18.9 Å². The molecule has 31 heavy (non-hydrogen) atoms. The lowest BCUT2D eigenvalue weighted by Crippen LogP contribution is -2.22. The standard InChI is InChI=1S/C22H19F3N2O3S/c1-30-20-12-27(17(11-19(20)28)14-31-18-5-3-2-4-6-18)13-21(29)26-16-9-7-15(8-10-16)22(23,24)25/h2-12H,13-14H2,1H3,(H,26,29). The molecule has 0 radical (unpaired) electrons. The molecule has 162 valence electrons. The van der Waals surface area contributed by atoms with Crippen molar-refractivity contribution in [2.45, 2.75) is 23.4 Å². The Bertz CT molecular complexity index is 1100. The zero-order valence-corrected chi connectivity index (χ0v) is 17.3. The maximum absolute atomic E-state index is 12.7. The molecule has 0 saturated heterocycles. The van der Waals surface area contributed by atoms with Crippen LogP contribution in [0.1, 0.15) is 11.3 Å². The molecule has 0 aliphatic rings. The van der Waals surface area contributed by atoms with Crippen LogP contribution in [0.25, 0.3) is 0 Å². The number of carbonyl (C=O) groups excluding carboxylic acids is 1. The Morgan fingerprint density at radius 1 is 1.10 bits per heavy atom. The molecule has 0 aliphatic heterocycles. The van der Waals surface area contributed by atoms with Crippen LogP contribution >= 0.6 is 11.8 Å². The highest BCUT2D eigenvalue weighted by Crippen LogP contribution is 2.30. The summed E-state index contributed by atoms with van der Waals surface area (Å²) in [5.74, 6) is 0.0868. The van der Waals surface area contributed by atoms with Gasteiger partial charge in [-0.3, -0.25) is 9.59 Å². The Morgan fingerprint density at radius 3 is 2.39 bits per heavy atom. The first kappa shape index (κ1) is 22.5. The summed E-state index contributed by atoms with van der Waals surface area (Å²) in [5.41, 5.74) is -0.241. The van der Waals surface area contributed by atoms with E-state index < -0.39 is 17.6 Å². The van der Waals surface area contributed by atoms with E-state index in [1.807, 2.05) is 30.3 Å². The average molecular weight is 448 g/mol. The fraction of sp³-hybridized carbons (Fsp3) is 0.182. The first-order chi connectivity index (χ1) is 14.8. The summed E-state index contributed by atoms with van der Waals surface area (Å²) in [7, 11) is 1.36. The second-order valence-electron chi connectivity index (χ2n) is 6.55. The van der Waals surface area contributed by atoms with E-state index in [0.29, 0.717) is 11.4 Å². The summed E-state index contributed by atoms with van der Waals surface area (Å²) in [6.45, 7) is -0.137. The smallest absolute Gasteiger partial charge is 0.416 e. The molecule has 2 aromatic carbocycles. The van der Waals surface area contributed by atoms with Crippen molar-refractivity contribution in [3.8, 4) is 5.75 Å². The number of pyridine rings is 1. The molecule has 3 rings (SSSR count). The van der Waals surface area contributed by atoms with Crippen molar-refractivity contribution in [2.24, 2.45) is 0 Å². The number of ether oxygens (including phenoxy) is 1.